The van der Waals surface area contributed by atoms with E-state index in [-0.39, 0.29) is 11.5 Å². The molecule has 2 aromatic rings. The number of carbonyl (C=O) groups is 1. The maximum Gasteiger partial charge on any atom is 0.432 e. The van der Waals surface area contributed by atoms with Crippen LogP contribution in [-0.2, 0) is 7.05 Å². The lowest BCUT2D eigenvalue weighted by Gasteiger charge is -1.89. The van der Waals surface area contributed by atoms with Crippen LogP contribution in [0.15, 0.2) is 34.2 Å². The van der Waals surface area contributed by atoms with Crippen LogP contribution < -0.4 is 15.6 Å². The van der Waals surface area contributed by atoms with Crippen molar-refractivity contribution in [1.82, 2.24) is 15.3 Å². The highest BCUT2D eigenvalue weighted by molar-refractivity contribution is 5.90. The number of nitrogens with zero attached hydrogens (tertiary/aromatic N) is 3. The van der Waals surface area contributed by atoms with Crippen LogP contribution in [0.25, 0.3) is 0 Å². The Hall–Kier alpha value is -2.77. The topological polar surface area (TPSA) is 83.1 Å². The predicted octanol–water partition coefficient (Wildman–Crippen LogP) is -0.618. The molecule has 0 saturated carbocycles. The summed E-state index contributed by atoms with van der Waals surface area (Å²) in [6, 6.07) is 5.61. The van der Waals surface area contributed by atoms with Gasteiger partial charge in [-0.2, -0.15) is 4.68 Å². The second kappa shape index (κ2) is 5.47. The van der Waals surface area contributed by atoms with Gasteiger partial charge in [-0.15, -0.1) is 0 Å². The van der Waals surface area contributed by atoms with Crippen molar-refractivity contribution in [3.63, 3.8) is 0 Å². The van der Waals surface area contributed by atoms with Crippen molar-refractivity contribution < 1.29 is 13.9 Å². The van der Waals surface area contributed by atoms with Gasteiger partial charge in [0, 0.05) is 11.8 Å². The number of rotatable bonds is 3. The summed E-state index contributed by atoms with van der Waals surface area (Å²) in [5, 5.41) is 8.87. The van der Waals surface area contributed by atoms with Crippen molar-refractivity contribution in [2.45, 2.75) is 0 Å². The van der Waals surface area contributed by atoms with Gasteiger partial charge in [0.15, 0.2) is 0 Å². The van der Waals surface area contributed by atoms with Crippen molar-refractivity contribution in [2.75, 3.05) is 7.05 Å². The summed E-state index contributed by atoms with van der Waals surface area (Å²) >= 11 is 0. The van der Waals surface area contributed by atoms with Crippen LogP contribution in [0, 0.1) is 5.82 Å². The molecule has 1 amide bonds. The number of benzene rings is 1. The van der Waals surface area contributed by atoms with Crippen LogP contribution in [0.1, 0.15) is 16.1 Å². The highest BCUT2D eigenvalue weighted by atomic mass is 19.1. The van der Waals surface area contributed by atoms with Crippen molar-refractivity contribution in [2.24, 2.45) is 12.1 Å². The predicted molar refractivity (Wildman–Crippen MR) is 69.0 cm³/mol. The molecule has 1 heterocycles. The smallest absolute Gasteiger partial charge is 0.352 e. The molecule has 0 spiro atoms. The molecule has 0 fully saturated rings. The molecule has 1 aromatic carbocycles. The number of aryl methyl sites for hydroxylation is 1. The maximum absolute atomic E-state index is 12.7. The number of H-pyrrole nitrogens is 1. The van der Waals surface area contributed by atoms with E-state index in [0.717, 1.165) is 4.79 Å². The fraction of sp³-hybridized carbons (Fsp3) is 0.167. The number of hydrogen-bond acceptors (Lipinski definition) is 3. The molecular weight excluding hydrogens is 265 g/mol. The average Bonchev–Trinajstić information content (AvgIpc) is 2.72. The van der Waals surface area contributed by atoms with Crippen molar-refractivity contribution in [1.29, 1.82) is 0 Å². The number of nitrogens with one attached hydrogen (secondary N) is 2. The number of hydrogen-bond donors (Lipinski definition) is 2. The van der Waals surface area contributed by atoms with Crippen molar-refractivity contribution in [3.8, 4) is 0 Å². The molecule has 0 aliphatic rings. The Bertz CT molecular complexity index is 714. The highest BCUT2D eigenvalue weighted by Crippen LogP contribution is 1.99. The van der Waals surface area contributed by atoms with Gasteiger partial charge >= 0.3 is 17.2 Å². The van der Waals surface area contributed by atoms with Crippen molar-refractivity contribution in [3.05, 3.63) is 51.7 Å². The van der Waals surface area contributed by atoms with E-state index in [0.29, 0.717) is 5.56 Å². The molecule has 0 unspecified atom stereocenters. The molecule has 2 rings (SSSR count). The van der Waals surface area contributed by atoms with E-state index in [1.165, 1.54) is 49.3 Å². The van der Waals surface area contributed by atoms with Gasteiger partial charge in [0.1, 0.15) is 12.9 Å². The van der Waals surface area contributed by atoms with Gasteiger partial charge in [-0.3, -0.25) is 4.79 Å². The minimum atomic E-state index is -0.579. The Morgan fingerprint density at radius 3 is 2.70 bits per heavy atom. The molecule has 8 heteroatoms. The Labute approximate surface area is 113 Å². The molecule has 104 valence electrons. The number of aromatic nitrogens is 3. The number of amides is 1. The van der Waals surface area contributed by atoms with E-state index in [4.69, 9.17) is 0 Å². The van der Waals surface area contributed by atoms with Gasteiger partial charge in [-0.05, 0) is 17.7 Å². The third-order valence-electron chi connectivity index (χ3n) is 2.61. The van der Waals surface area contributed by atoms with Gasteiger partial charge in [0.25, 0.3) is 0 Å². The summed E-state index contributed by atoms with van der Waals surface area (Å²) in [5.74, 6) is -0.864. The van der Waals surface area contributed by atoms with E-state index in [1.54, 1.807) is 0 Å². The molecule has 1 aromatic heterocycles. The number of aromatic amines is 1. The van der Waals surface area contributed by atoms with E-state index in [9.17, 15) is 14.0 Å². The average molecular weight is 278 g/mol. The zero-order chi connectivity index (χ0) is 14.7. The van der Waals surface area contributed by atoms with Crippen molar-refractivity contribution >= 4 is 12.1 Å². The highest BCUT2D eigenvalue weighted by Gasteiger charge is 2.25. The molecule has 20 heavy (non-hydrogen) atoms. The normalized spacial score (nSPS) is 10.9. The lowest BCUT2D eigenvalue weighted by Crippen LogP contribution is -2.42. The van der Waals surface area contributed by atoms with E-state index in [2.05, 4.69) is 15.6 Å². The third-order valence-corrected chi connectivity index (χ3v) is 2.61. The molecule has 0 aliphatic carbocycles. The van der Waals surface area contributed by atoms with Crippen LogP contribution in [0.5, 0.6) is 0 Å². The van der Waals surface area contributed by atoms with Gasteiger partial charge in [-0.1, -0.05) is 22.4 Å². The Kier molecular flexibility index (Phi) is 3.74. The van der Waals surface area contributed by atoms with E-state index < -0.39 is 11.5 Å². The summed E-state index contributed by atoms with van der Waals surface area (Å²) < 4.78 is 14.0. The molecule has 0 radical (unpaired) electrons. The van der Waals surface area contributed by atoms with Crippen LogP contribution >= 0.6 is 0 Å². The van der Waals surface area contributed by atoms with E-state index >= 15 is 0 Å². The SMILES string of the molecule is CNC(=O)c1c(=O)n(/N=C\c2ccc(F)cc2)[nH][n+]1C. The monoisotopic (exact) mass is 278 g/mol. The van der Waals surface area contributed by atoms with Gasteiger partial charge < -0.3 is 5.32 Å². The second-order valence-electron chi connectivity index (χ2n) is 4.00. The first-order chi connectivity index (χ1) is 9.52. The van der Waals surface area contributed by atoms with E-state index in [1.807, 2.05) is 0 Å². The molecule has 0 bridgehead atoms. The first-order valence-corrected chi connectivity index (χ1v) is 5.76. The fourth-order valence-electron chi connectivity index (χ4n) is 1.60. The Balaban J connectivity index is 2.33. The molecular formula is C12H13FN5O2+. The lowest BCUT2D eigenvalue weighted by molar-refractivity contribution is -0.734. The Morgan fingerprint density at radius 2 is 2.10 bits per heavy atom. The molecule has 0 saturated heterocycles. The maximum atomic E-state index is 12.7. The fourth-order valence-corrected chi connectivity index (χ4v) is 1.60. The largest absolute Gasteiger partial charge is 0.432 e. The second-order valence-corrected chi connectivity index (χ2v) is 4.00. The quantitative estimate of drug-likeness (QED) is 0.579. The summed E-state index contributed by atoms with van der Waals surface area (Å²) in [6.07, 6.45) is 1.38. The zero-order valence-corrected chi connectivity index (χ0v) is 10.9. The molecule has 7 nitrogen and oxygen atoms in total. The van der Waals surface area contributed by atoms with Crippen LogP contribution in [0.4, 0.5) is 4.39 Å². The minimum Gasteiger partial charge on any atom is -0.352 e. The summed E-state index contributed by atoms with van der Waals surface area (Å²) in [6.45, 7) is 0. The number of carbonyl (C=O) groups excluding carboxylic acids is 1. The molecule has 0 aliphatic heterocycles. The standard InChI is InChI=1S/C12H12FN5O2/c1-14-11(19)10-12(20)18(16-17(10)2)15-7-8-3-5-9(13)6-4-8/h3-7H,1-2H3,(H-,14,16,19,20)/p+1/b15-7-. The first-order valence-electron chi connectivity index (χ1n) is 5.76. The van der Waals surface area contributed by atoms with Gasteiger partial charge in [0.05, 0.1) is 6.21 Å². The summed E-state index contributed by atoms with van der Waals surface area (Å²) in [4.78, 5) is 24.4. The third kappa shape index (κ3) is 2.63. The first kappa shape index (κ1) is 13.7. The molecule has 0 atom stereocenters. The van der Waals surface area contributed by atoms with Gasteiger partial charge in [0.2, 0.25) is 0 Å². The summed E-state index contributed by atoms with van der Waals surface area (Å²) in [5.41, 5.74) is -0.0222. The molecule has 2 N–H and O–H groups in total. The van der Waals surface area contributed by atoms with Gasteiger partial charge in [-0.25, -0.2) is 9.18 Å². The summed E-state index contributed by atoms with van der Waals surface area (Å²) in [7, 11) is 2.96. The van der Waals surface area contributed by atoms with Crippen LogP contribution in [-0.4, -0.2) is 29.2 Å². The Morgan fingerprint density at radius 1 is 1.45 bits per heavy atom. The zero-order valence-electron chi connectivity index (χ0n) is 10.9. The lowest BCUT2D eigenvalue weighted by atomic mass is 10.2. The number of halogens is 1. The minimum absolute atomic E-state index is 0.0660. The van der Waals surface area contributed by atoms with Crippen LogP contribution in [0.2, 0.25) is 0 Å². The van der Waals surface area contributed by atoms with Crippen LogP contribution in [0.3, 0.4) is 0 Å².